The first kappa shape index (κ1) is 77.8. The largest absolute Gasteiger partial charge is 0.508 e. The number of carbonyl (C=O) groups is 11. The molecule has 5 heterocycles. The van der Waals surface area contributed by atoms with Crippen molar-refractivity contribution >= 4 is 92.8 Å². The number of nitrogens with two attached hydrogens (primary N) is 3. The van der Waals surface area contributed by atoms with Crippen LogP contribution < -0.4 is 59.7 Å². The molecule has 103 heavy (non-hydrogen) atoms. The number of phenols is 1. The number of para-hydroxylation sites is 2. The molecule has 3 aromatic heterocycles. The van der Waals surface area contributed by atoms with Gasteiger partial charge in [-0.05, 0) is 118 Å². The van der Waals surface area contributed by atoms with Crippen LogP contribution in [0.15, 0.2) is 103 Å². The van der Waals surface area contributed by atoms with E-state index >= 15 is 0 Å². The number of imidazole rings is 1. The van der Waals surface area contributed by atoms with Gasteiger partial charge in [-0.1, -0.05) is 76.2 Å². The average molecular weight is 1430 g/mol. The number of aliphatic carboxylic acids is 1. The summed E-state index contributed by atoms with van der Waals surface area (Å²) in [5, 5.41) is 54.1. The molecule has 0 bridgehead atoms. The molecule has 32 heteroatoms. The Bertz CT molecular complexity index is 3980. The first-order chi connectivity index (χ1) is 49.2. The van der Waals surface area contributed by atoms with Gasteiger partial charge < -0.3 is 99.8 Å². The van der Waals surface area contributed by atoms with Gasteiger partial charge in [-0.25, -0.2) is 9.78 Å². The van der Waals surface area contributed by atoms with Crippen molar-refractivity contribution in [3.05, 3.63) is 120 Å². The minimum Gasteiger partial charge on any atom is -0.508 e. The van der Waals surface area contributed by atoms with Gasteiger partial charge in [-0.15, -0.1) is 0 Å². The van der Waals surface area contributed by atoms with Crippen LogP contribution in [0.25, 0.3) is 21.8 Å². The lowest BCUT2D eigenvalue weighted by Crippen LogP contribution is -2.61. The number of nitrogens with one attached hydrogen (secondary N) is 11. The number of carbonyl (C=O) groups excluding carboxylic acids is 10. The Morgan fingerprint density at radius 2 is 1.05 bits per heavy atom. The molecule has 554 valence electrons. The third kappa shape index (κ3) is 21.6. The van der Waals surface area contributed by atoms with Gasteiger partial charge >= 0.3 is 5.97 Å². The number of benzene rings is 3. The fourth-order valence-corrected chi connectivity index (χ4v) is 12.9. The number of H-pyrrole nitrogens is 3. The summed E-state index contributed by atoms with van der Waals surface area (Å²) in [5.41, 5.74) is 21.2. The molecule has 0 aliphatic carbocycles. The molecule has 11 atom stereocenters. The summed E-state index contributed by atoms with van der Waals surface area (Å²) in [5.74, 6) is -9.96. The Kier molecular flexibility index (Phi) is 27.7. The summed E-state index contributed by atoms with van der Waals surface area (Å²) in [6.07, 6.45) is 7.32. The molecule has 0 radical (unpaired) electrons. The van der Waals surface area contributed by atoms with Crippen molar-refractivity contribution in [3.63, 3.8) is 0 Å². The number of rotatable bonds is 36. The number of carboxylic acids is 1. The maximum Gasteiger partial charge on any atom is 0.326 e. The molecule has 6 aromatic rings. The van der Waals surface area contributed by atoms with Crippen LogP contribution in [0.5, 0.6) is 5.75 Å². The number of fused-ring (bicyclic) bond motifs is 2. The lowest BCUT2D eigenvalue weighted by molar-refractivity contribution is -0.152. The number of carboxylic acid groups (broad SMARTS) is 1. The van der Waals surface area contributed by atoms with Crippen LogP contribution in [-0.2, 0) is 78.4 Å². The van der Waals surface area contributed by atoms with E-state index in [2.05, 4.69) is 67.5 Å². The summed E-state index contributed by atoms with van der Waals surface area (Å²) in [4.78, 5) is 176. The molecule has 2 saturated heterocycles. The Balaban J connectivity index is 0.987. The van der Waals surface area contributed by atoms with Crippen LogP contribution in [0, 0.1) is 11.8 Å². The van der Waals surface area contributed by atoms with Gasteiger partial charge in [0.2, 0.25) is 59.1 Å². The monoisotopic (exact) mass is 1420 g/mol. The smallest absolute Gasteiger partial charge is 0.326 e. The lowest BCUT2D eigenvalue weighted by Gasteiger charge is -2.33. The van der Waals surface area contributed by atoms with Gasteiger partial charge in [-0.3, -0.25) is 52.9 Å². The van der Waals surface area contributed by atoms with Crippen molar-refractivity contribution in [2.45, 2.75) is 178 Å². The van der Waals surface area contributed by atoms with Crippen LogP contribution in [0.1, 0.15) is 108 Å². The predicted octanol–water partition coefficient (Wildman–Crippen LogP) is -0.221. The Morgan fingerprint density at radius 3 is 1.59 bits per heavy atom. The second-order valence-corrected chi connectivity index (χ2v) is 27.2. The highest BCUT2D eigenvalue weighted by atomic mass is 16.4. The van der Waals surface area contributed by atoms with Gasteiger partial charge in [0.05, 0.1) is 19.0 Å². The third-order valence-electron chi connectivity index (χ3n) is 18.3. The molecule has 0 saturated carbocycles. The number of aliphatic imine (C=N–C) groups is 1. The normalized spacial score (nSPS) is 17.0. The average Bonchev–Trinajstić information content (AvgIpc) is 1.70. The maximum atomic E-state index is 14.9. The fourth-order valence-electron chi connectivity index (χ4n) is 12.9. The summed E-state index contributed by atoms with van der Waals surface area (Å²) < 4.78 is 0. The zero-order valence-electron chi connectivity index (χ0n) is 58.4. The minimum atomic E-state index is -1.81. The minimum absolute atomic E-state index is 0.00405. The molecule has 8 rings (SSSR count). The van der Waals surface area contributed by atoms with Crippen LogP contribution in [-0.4, -0.2) is 209 Å². The molecule has 10 amide bonds. The summed E-state index contributed by atoms with van der Waals surface area (Å²) in [6.45, 7) is 7.98. The first-order valence-electron chi connectivity index (χ1n) is 34.7. The number of likely N-dealkylation sites (tertiary alicyclic amines) is 2. The number of aromatic hydroxyl groups is 1. The van der Waals surface area contributed by atoms with Crippen molar-refractivity contribution in [1.82, 2.24) is 72.3 Å². The topological polar surface area (TPSA) is 502 Å². The zero-order valence-corrected chi connectivity index (χ0v) is 58.4. The van der Waals surface area contributed by atoms with E-state index in [0.717, 1.165) is 16.5 Å². The van der Waals surface area contributed by atoms with E-state index < -0.39 is 138 Å². The molecule has 3 aromatic carbocycles. The van der Waals surface area contributed by atoms with Crippen molar-refractivity contribution in [2.75, 3.05) is 26.2 Å². The SMILES string of the molecule is CC(C)C[C@H](NC(=O)[C@H](Cc1ccc(O)cc1)NC(=O)[C@H](CO)NC(=O)[C@H](Cc1c[nH]c2ccccc12)NC(=O)[C@H](Cc1cnc[nH]1)NC(=O)[C@H](C)NC(=O)[C@@H](N)Cc1c[nH]c2ccccc12)C(=O)N[C@@H](CC(C)C)C(=O)N[C@@H](CCCN=C(N)N)C(=O)N1CCC[C@H]1C(=O)N1CCC[C@H]1C(=O)O. The number of aromatic amines is 3. The van der Waals surface area contributed by atoms with Crippen LogP contribution in [0.2, 0.25) is 0 Å². The Labute approximate surface area is 595 Å². The van der Waals surface area contributed by atoms with Gasteiger partial charge in [0.25, 0.3) is 0 Å². The van der Waals surface area contributed by atoms with E-state index in [-0.39, 0.29) is 107 Å². The Hall–Kier alpha value is -10.9. The van der Waals surface area contributed by atoms with E-state index in [1.165, 1.54) is 53.5 Å². The molecule has 20 N–H and O–H groups in total. The quantitative estimate of drug-likeness (QED) is 0.0137. The number of guanidine groups is 1. The summed E-state index contributed by atoms with van der Waals surface area (Å²) in [6, 6.07) is 5.72. The van der Waals surface area contributed by atoms with E-state index in [1.54, 1.807) is 64.4 Å². The maximum absolute atomic E-state index is 14.9. The predicted molar refractivity (Wildman–Crippen MR) is 380 cm³/mol. The molecular formula is C71H96N18O14. The summed E-state index contributed by atoms with van der Waals surface area (Å²) in [7, 11) is 0. The van der Waals surface area contributed by atoms with Gasteiger partial charge in [0.1, 0.15) is 66.2 Å². The zero-order chi connectivity index (χ0) is 74.6. The molecule has 0 spiro atoms. The van der Waals surface area contributed by atoms with Crippen molar-refractivity contribution in [3.8, 4) is 5.75 Å². The number of amides is 10. The van der Waals surface area contributed by atoms with E-state index in [4.69, 9.17) is 17.2 Å². The number of nitrogens with zero attached hydrogens (tertiary/aromatic N) is 4. The highest BCUT2D eigenvalue weighted by molar-refractivity contribution is 6.00. The highest BCUT2D eigenvalue weighted by Crippen LogP contribution is 2.27. The number of hydrogen-bond acceptors (Lipinski definition) is 16. The van der Waals surface area contributed by atoms with E-state index in [9.17, 15) is 68.1 Å². The van der Waals surface area contributed by atoms with E-state index in [1.807, 2.05) is 24.3 Å². The lowest BCUT2D eigenvalue weighted by atomic mass is 9.98. The molecular weight excluding hydrogens is 1330 g/mol. The van der Waals surface area contributed by atoms with Crippen LogP contribution in [0.3, 0.4) is 0 Å². The highest BCUT2D eigenvalue weighted by Gasteiger charge is 2.44. The number of aromatic nitrogens is 4. The van der Waals surface area contributed by atoms with Crippen LogP contribution >= 0.6 is 0 Å². The van der Waals surface area contributed by atoms with Crippen molar-refractivity contribution < 1.29 is 68.1 Å². The number of aliphatic hydroxyl groups is 1. The van der Waals surface area contributed by atoms with Crippen molar-refractivity contribution in [1.29, 1.82) is 0 Å². The Morgan fingerprint density at radius 1 is 0.563 bits per heavy atom. The fraction of sp³-hybridized carbons (Fsp3) is 0.479. The second kappa shape index (κ2) is 36.6. The second-order valence-electron chi connectivity index (χ2n) is 27.2. The first-order valence-corrected chi connectivity index (χ1v) is 34.7. The molecule has 0 unspecified atom stereocenters. The van der Waals surface area contributed by atoms with Gasteiger partial charge in [0.15, 0.2) is 5.96 Å². The van der Waals surface area contributed by atoms with Gasteiger partial charge in [0, 0.05) is 85.0 Å². The standard InChI is InChI=1S/C71H96N18O14/c1-38(2)27-52(62(94)81-51(17-10-24-76-71(73)74)68(100)88-25-11-18-58(88)69(101)89-26-12-19-59(89)70(102)103)83-63(95)53(28-39(3)4)84-64(96)54(29-41-20-22-45(91)23-21-41)85-67(99)57(36-90)87-65(97)55(31-43-34-78-50-16-9-7-14-47(43)50)86-66(98)56(32-44-35-75-37-79-44)82-60(92)40(5)80-61(93)48(72)30-42-33-77-49-15-8-6-13-46(42)49/h6-9,13-16,20-23,33-35,37-40,48,51-59,77-78,90-91H,10-12,17-19,24-32,36,72H2,1-5H3,(H,75,79)(H,80,93)(H,81,94)(H,82,92)(H,83,95)(H,84,96)(H,85,99)(H,86,98)(H,87,97)(H,102,103)(H4,73,74,76)/t40-,48-,51-,52-,53-,54-,55-,56-,57-,58-,59-/m0/s1. The van der Waals surface area contributed by atoms with Gasteiger partial charge in [-0.2, -0.15) is 0 Å². The number of phenolic OH excluding ortho intramolecular Hbond substituents is 1. The summed E-state index contributed by atoms with van der Waals surface area (Å²) >= 11 is 0. The number of aliphatic hydroxyl groups excluding tert-OH is 1. The molecule has 2 aliphatic heterocycles. The molecule has 32 nitrogen and oxygen atoms in total. The number of hydrogen-bond donors (Lipinski definition) is 17. The van der Waals surface area contributed by atoms with Crippen molar-refractivity contribution in [2.24, 2.45) is 34.0 Å². The van der Waals surface area contributed by atoms with Crippen LogP contribution in [0.4, 0.5) is 0 Å². The molecule has 2 fully saturated rings. The van der Waals surface area contributed by atoms with E-state index in [0.29, 0.717) is 40.6 Å². The third-order valence-corrected chi connectivity index (χ3v) is 18.3. The molecule has 2 aliphatic rings.